The number of nitrogens with one attached hydrogen (secondary N) is 1. The third kappa shape index (κ3) is 3.83. The van der Waals surface area contributed by atoms with Gasteiger partial charge in [0.25, 0.3) is 5.91 Å². The van der Waals surface area contributed by atoms with Gasteiger partial charge in [0.15, 0.2) is 5.69 Å². The molecule has 1 amide bonds. The SMILES string of the molecule is CCC(N)(CC)CNC(=O)c1ccon1.Cl. The maximum Gasteiger partial charge on any atom is 0.273 e. The molecule has 5 nitrogen and oxygen atoms in total. The molecule has 6 heteroatoms. The molecular formula is C10H18ClN3O2. The van der Waals surface area contributed by atoms with E-state index in [-0.39, 0.29) is 29.5 Å². The summed E-state index contributed by atoms with van der Waals surface area (Å²) in [6.45, 7) is 4.46. The molecule has 3 N–H and O–H groups in total. The summed E-state index contributed by atoms with van der Waals surface area (Å²) in [5.41, 5.74) is 5.99. The van der Waals surface area contributed by atoms with Crippen LogP contribution < -0.4 is 11.1 Å². The molecule has 0 aliphatic heterocycles. The monoisotopic (exact) mass is 247 g/mol. The Bertz CT molecular complexity index is 310. The van der Waals surface area contributed by atoms with E-state index in [4.69, 9.17) is 5.73 Å². The molecule has 0 bridgehead atoms. The van der Waals surface area contributed by atoms with Gasteiger partial charge in [-0.15, -0.1) is 12.4 Å². The Morgan fingerprint density at radius 1 is 1.56 bits per heavy atom. The fourth-order valence-corrected chi connectivity index (χ4v) is 1.18. The van der Waals surface area contributed by atoms with Crippen LogP contribution >= 0.6 is 12.4 Å². The first-order chi connectivity index (χ1) is 7.11. The number of amides is 1. The fraction of sp³-hybridized carbons (Fsp3) is 0.600. The molecule has 0 fully saturated rings. The second-order valence-electron chi connectivity index (χ2n) is 3.64. The molecule has 0 saturated carbocycles. The zero-order valence-corrected chi connectivity index (χ0v) is 10.3. The lowest BCUT2D eigenvalue weighted by atomic mass is 9.94. The number of halogens is 1. The Hall–Kier alpha value is -1.07. The zero-order valence-electron chi connectivity index (χ0n) is 9.53. The van der Waals surface area contributed by atoms with Crippen LogP contribution in [0.5, 0.6) is 0 Å². The minimum Gasteiger partial charge on any atom is -0.364 e. The maximum absolute atomic E-state index is 11.5. The minimum atomic E-state index is -0.334. The Morgan fingerprint density at radius 3 is 2.62 bits per heavy atom. The van der Waals surface area contributed by atoms with Crippen molar-refractivity contribution in [1.29, 1.82) is 0 Å². The van der Waals surface area contributed by atoms with Crippen molar-refractivity contribution in [2.45, 2.75) is 32.2 Å². The molecule has 1 rings (SSSR count). The van der Waals surface area contributed by atoms with Gasteiger partial charge in [-0.1, -0.05) is 19.0 Å². The van der Waals surface area contributed by atoms with Gasteiger partial charge in [-0.3, -0.25) is 4.79 Å². The van der Waals surface area contributed by atoms with Crippen LogP contribution in [0.2, 0.25) is 0 Å². The molecule has 0 spiro atoms. The quantitative estimate of drug-likeness (QED) is 0.823. The molecule has 0 unspecified atom stereocenters. The molecule has 0 aliphatic carbocycles. The number of hydrogen-bond acceptors (Lipinski definition) is 4. The normalized spacial score (nSPS) is 10.7. The highest BCUT2D eigenvalue weighted by atomic mass is 35.5. The Balaban J connectivity index is 0.00000225. The lowest BCUT2D eigenvalue weighted by Crippen LogP contribution is -2.49. The molecule has 16 heavy (non-hydrogen) atoms. The predicted octanol–water partition coefficient (Wildman–Crippen LogP) is 1.34. The van der Waals surface area contributed by atoms with Crippen molar-refractivity contribution in [2.75, 3.05) is 6.54 Å². The highest BCUT2D eigenvalue weighted by molar-refractivity contribution is 5.91. The molecule has 0 saturated heterocycles. The molecule has 0 atom stereocenters. The lowest BCUT2D eigenvalue weighted by Gasteiger charge is -2.26. The first-order valence-electron chi connectivity index (χ1n) is 5.09. The van der Waals surface area contributed by atoms with Gasteiger partial charge in [-0.05, 0) is 12.8 Å². The Kier molecular flexibility index (Phi) is 6.06. The van der Waals surface area contributed by atoms with Crippen molar-refractivity contribution in [1.82, 2.24) is 10.5 Å². The van der Waals surface area contributed by atoms with Crippen molar-refractivity contribution in [3.63, 3.8) is 0 Å². The van der Waals surface area contributed by atoms with Gasteiger partial charge < -0.3 is 15.6 Å². The summed E-state index contributed by atoms with van der Waals surface area (Å²) in [4.78, 5) is 11.5. The van der Waals surface area contributed by atoms with Gasteiger partial charge in [0.05, 0.1) is 0 Å². The van der Waals surface area contributed by atoms with Crippen LogP contribution in [0.1, 0.15) is 37.2 Å². The highest BCUT2D eigenvalue weighted by Gasteiger charge is 2.21. The van der Waals surface area contributed by atoms with E-state index in [2.05, 4.69) is 15.0 Å². The van der Waals surface area contributed by atoms with Gasteiger partial charge in [0.2, 0.25) is 0 Å². The number of rotatable bonds is 5. The summed E-state index contributed by atoms with van der Waals surface area (Å²) in [6, 6.07) is 1.52. The van der Waals surface area contributed by atoms with Crippen molar-refractivity contribution < 1.29 is 9.32 Å². The van der Waals surface area contributed by atoms with E-state index in [0.717, 1.165) is 12.8 Å². The number of aromatic nitrogens is 1. The first kappa shape index (κ1) is 14.9. The standard InChI is InChI=1S/C10H17N3O2.ClH/c1-3-10(11,4-2)7-12-9(14)8-5-6-15-13-8;/h5-6H,3-4,7,11H2,1-2H3,(H,12,14);1H. The van der Waals surface area contributed by atoms with E-state index in [1.54, 1.807) is 0 Å². The summed E-state index contributed by atoms with van der Waals surface area (Å²) < 4.78 is 4.58. The van der Waals surface area contributed by atoms with Crippen LogP contribution in [-0.4, -0.2) is 23.1 Å². The van der Waals surface area contributed by atoms with Crippen molar-refractivity contribution in [2.24, 2.45) is 5.73 Å². The molecule has 92 valence electrons. The summed E-state index contributed by atoms with van der Waals surface area (Å²) in [7, 11) is 0. The van der Waals surface area contributed by atoms with Crippen molar-refractivity contribution in [3.05, 3.63) is 18.0 Å². The van der Waals surface area contributed by atoms with Gasteiger partial charge in [-0.25, -0.2) is 0 Å². The average molecular weight is 248 g/mol. The second kappa shape index (κ2) is 6.50. The lowest BCUT2D eigenvalue weighted by molar-refractivity contribution is 0.0933. The maximum atomic E-state index is 11.5. The van der Waals surface area contributed by atoms with Crippen LogP contribution in [0, 0.1) is 0 Å². The smallest absolute Gasteiger partial charge is 0.273 e. The first-order valence-corrected chi connectivity index (χ1v) is 5.09. The van der Waals surface area contributed by atoms with Gasteiger partial charge in [0.1, 0.15) is 6.26 Å². The van der Waals surface area contributed by atoms with Gasteiger partial charge in [-0.2, -0.15) is 0 Å². The van der Waals surface area contributed by atoms with Crippen LogP contribution in [0.25, 0.3) is 0 Å². The van der Waals surface area contributed by atoms with Crippen LogP contribution in [0.3, 0.4) is 0 Å². The number of carbonyl (C=O) groups excluding carboxylic acids is 1. The molecule has 1 heterocycles. The summed E-state index contributed by atoms with van der Waals surface area (Å²) in [6.07, 6.45) is 3.01. The molecule has 0 radical (unpaired) electrons. The van der Waals surface area contributed by atoms with Gasteiger partial charge >= 0.3 is 0 Å². The summed E-state index contributed by atoms with van der Waals surface area (Å²) >= 11 is 0. The molecule has 1 aromatic heterocycles. The van der Waals surface area contributed by atoms with Crippen LogP contribution in [-0.2, 0) is 0 Å². The van der Waals surface area contributed by atoms with E-state index in [0.29, 0.717) is 6.54 Å². The highest BCUT2D eigenvalue weighted by Crippen LogP contribution is 2.09. The van der Waals surface area contributed by atoms with Crippen LogP contribution in [0.4, 0.5) is 0 Å². The number of hydrogen-bond donors (Lipinski definition) is 2. The van der Waals surface area contributed by atoms with Crippen molar-refractivity contribution >= 4 is 18.3 Å². The van der Waals surface area contributed by atoms with E-state index in [9.17, 15) is 4.79 Å². The summed E-state index contributed by atoms with van der Waals surface area (Å²) in [5.74, 6) is -0.250. The summed E-state index contributed by atoms with van der Waals surface area (Å²) in [5, 5.41) is 6.28. The molecule has 0 aliphatic rings. The van der Waals surface area contributed by atoms with Crippen molar-refractivity contribution in [3.8, 4) is 0 Å². The fourth-order valence-electron chi connectivity index (χ4n) is 1.18. The van der Waals surface area contributed by atoms with E-state index >= 15 is 0 Å². The number of nitrogens with zero attached hydrogens (tertiary/aromatic N) is 1. The van der Waals surface area contributed by atoms with E-state index in [1.165, 1.54) is 12.3 Å². The molecular weight excluding hydrogens is 230 g/mol. The van der Waals surface area contributed by atoms with E-state index < -0.39 is 0 Å². The average Bonchev–Trinajstić information content (AvgIpc) is 2.79. The Labute approximate surface area is 101 Å². The van der Waals surface area contributed by atoms with Gasteiger partial charge in [0, 0.05) is 18.2 Å². The minimum absolute atomic E-state index is 0. The van der Waals surface area contributed by atoms with Crippen LogP contribution in [0.15, 0.2) is 16.9 Å². The third-order valence-electron chi connectivity index (χ3n) is 2.68. The third-order valence-corrected chi connectivity index (χ3v) is 2.68. The number of nitrogens with two attached hydrogens (primary N) is 1. The predicted molar refractivity (Wildman–Crippen MR) is 63.6 cm³/mol. The van der Waals surface area contributed by atoms with E-state index in [1.807, 2.05) is 13.8 Å². The molecule has 0 aromatic carbocycles. The number of carbonyl (C=O) groups is 1. The molecule has 1 aromatic rings. The largest absolute Gasteiger partial charge is 0.364 e. The zero-order chi connectivity index (χ0) is 11.3. The Morgan fingerprint density at radius 2 is 2.19 bits per heavy atom. The topological polar surface area (TPSA) is 81.1 Å². The second-order valence-corrected chi connectivity index (χ2v) is 3.64.